The lowest BCUT2D eigenvalue weighted by Crippen LogP contribution is -2.30. The number of fused-ring (bicyclic) bond motifs is 1. The quantitative estimate of drug-likeness (QED) is 0.593. The van der Waals surface area contributed by atoms with Crippen molar-refractivity contribution < 1.29 is 18.4 Å². The van der Waals surface area contributed by atoms with Crippen molar-refractivity contribution in [1.29, 1.82) is 0 Å². The van der Waals surface area contributed by atoms with E-state index in [1.54, 1.807) is 6.92 Å². The van der Waals surface area contributed by atoms with E-state index in [-0.39, 0.29) is 12.2 Å². The third kappa shape index (κ3) is 1.76. The Morgan fingerprint density at radius 1 is 1.22 bits per heavy atom. The molecule has 1 aromatic carbocycles. The molecule has 1 aliphatic heterocycles. The van der Waals surface area contributed by atoms with Gasteiger partial charge < -0.3 is 4.90 Å². The first-order valence-corrected chi connectivity index (χ1v) is 5.31. The number of hydrogen-bond acceptors (Lipinski definition) is 2. The molecular formula is C13H9F2NO2. The van der Waals surface area contributed by atoms with Gasteiger partial charge in [-0.2, -0.15) is 0 Å². The lowest BCUT2D eigenvalue weighted by Gasteiger charge is -2.15. The van der Waals surface area contributed by atoms with Crippen molar-refractivity contribution in [3.05, 3.63) is 29.3 Å². The van der Waals surface area contributed by atoms with Gasteiger partial charge in [0.25, 0.3) is 11.7 Å². The predicted octanol–water partition coefficient (Wildman–Crippen LogP) is 1.91. The van der Waals surface area contributed by atoms with Crippen LogP contribution in [-0.4, -0.2) is 18.2 Å². The standard InChI is InChI=1S/C13H9F2NO2/c1-2-3-4-7-16-11-9(15)6-5-8(14)10(11)12(17)13(16)18/h5-6H,4,7H2,1H3. The molecule has 1 amide bonds. The maximum absolute atomic E-state index is 13.6. The molecule has 3 nitrogen and oxygen atoms in total. The van der Waals surface area contributed by atoms with E-state index < -0.39 is 28.9 Å². The lowest BCUT2D eigenvalue weighted by molar-refractivity contribution is -0.114. The molecule has 1 aliphatic rings. The molecule has 92 valence electrons. The second kappa shape index (κ2) is 4.57. The number of anilines is 1. The van der Waals surface area contributed by atoms with E-state index in [1.807, 2.05) is 0 Å². The van der Waals surface area contributed by atoms with Gasteiger partial charge in [-0.25, -0.2) is 8.78 Å². The summed E-state index contributed by atoms with van der Waals surface area (Å²) in [5.74, 6) is 1.75. The molecule has 0 spiro atoms. The highest BCUT2D eigenvalue weighted by Gasteiger charge is 2.40. The van der Waals surface area contributed by atoms with Crippen LogP contribution in [0.1, 0.15) is 23.7 Å². The van der Waals surface area contributed by atoms with Gasteiger partial charge in [0, 0.05) is 13.0 Å². The fourth-order valence-electron chi connectivity index (χ4n) is 1.86. The van der Waals surface area contributed by atoms with Crippen LogP contribution in [0.4, 0.5) is 14.5 Å². The smallest absolute Gasteiger partial charge is 0.299 e. The van der Waals surface area contributed by atoms with Crippen molar-refractivity contribution in [1.82, 2.24) is 0 Å². The molecule has 1 heterocycles. The summed E-state index contributed by atoms with van der Waals surface area (Å²) in [7, 11) is 0. The summed E-state index contributed by atoms with van der Waals surface area (Å²) in [5.41, 5.74) is -0.757. The Kier molecular flexibility index (Phi) is 3.11. The fourth-order valence-corrected chi connectivity index (χ4v) is 1.86. The number of nitrogens with zero attached hydrogens (tertiary/aromatic N) is 1. The molecule has 0 unspecified atom stereocenters. The van der Waals surface area contributed by atoms with Gasteiger partial charge in [0.2, 0.25) is 0 Å². The second-order valence-corrected chi connectivity index (χ2v) is 3.72. The number of ketones is 1. The van der Waals surface area contributed by atoms with Crippen molar-refractivity contribution >= 4 is 17.4 Å². The van der Waals surface area contributed by atoms with Crippen molar-refractivity contribution in [3.8, 4) is 11.8 Å². The zero-order chi connectivity index (χ0) is 13.3. The Morgan fingerprint density at radius 2 is 1.89 bits per heavy atom. The fraction of sp³-hybridized carbons (Fsp3) is 0.231. The average molecular weight is 249 g/mol. The van der Waals surface area contributed by atoms with E-state index in [4.69, 9.17) is 0 Å². The third-order valence-electron chi connectivity index (χ3n) is 2.65. The summed E-state index contributed by atoms with van der Waals surface area (Å²) in [6.07, 6.45) is 0.297. The van der Waals surface area contributed by atoms with Crippen LogP contribution < -0.4 is 4.90 Å². The van der Waals surface area contributed by atoms with Crippen molar-refractivity contribution in [2.45, 2.75) is 13.3 Å². The number of benzene rings is 1. The molecule has 0 aromatic heterocycles. The van der Waals surface area contributed by atoms with Crippen LogP contribution in [0.25, 0.3) is 0 Å². The van der Waals surface area contributed by atoms with Crippen molar-refractivity contribution in [2.24, 2.45) is 0 Å². The maximum Gasteiger partial charge on any atom is 0.299 e. The summed E-state index contributed by atoms with van der Waals surface area (Å²) < 4.78 is 27.1. The summed E-state index contributed by atoms with van der Waals surface area (Å²) in [6, 6.07) is 1.74. The molecule has 0 saturated carbocycles. The number of carbonyl (C=O) groups is 2. The first-order chi connectivity index (χ1) is 8.57. The zero-order valence-electron chi connectivity index (χ0n) is 9.59. The monoisotopic (exact) mass is 249 g/mol. The molecule has 0 bridgehead atoms. The Hall–Kier alpha value is -2.22. The molecule has 0 saturated heterocycles. The minimum absolute atomic E-state index is 0.0682. The van der Waals surface area contributed by atoms with Gasteiger partial charge in [-0.1, -0.05) is 0 Å². The predicted molar refractivity (Wildman–Crippen MR) is 61.1 cm³/mol. The summed E-state index contributed by atoms with van der Waals surface area (Å²) in [5, 5.41) is 0. The van der Waals surface area contributed by atoms with Crippen LogP contribution in [-0.2, 0) is 4.79 Å². The van der Waals surface area contributed by atoms with E-state index in [2.05, 4.69) is 11.8 Å². The van der Waals surface area contributed by atoms with E-state index in [9.17, 15) is 18.4 Å². The molecule has 0 N–H and O–H groups in total. The molecular weight excluding hydrogens is 240 g/mol. The molecule has 0 radical (unpaired) electrons. The van der Waals surface area contributed by atoms with Gasteiger partial charge in [-0.3, -0.25) is 9.59 Å². The van der Waals surface area contributed by atoms with Crippen molar-refractivity contribution in [3.63, 3.8) is 0 Å². The molecule has 1 aromatic rings. The van der Waals surface area contributed by atoms with E-state index in [1.165, 1.54) is 0 Å². The Labute approximate surface area is 102 Å². The highest BCUT2D eigenvalue weighted by atomic mass is 19.1. The van der Waals surface area contributed by atoms with Crippen LogP contribution in [0.15, 0.2) is 12.1 Å². The number of Topliss-reactive ketones (excluding diaryl/α,β-unsaturated/α-hetero) is 1. The van der Waals surface area contributed by atoms with Crippen LogP contribution in [0.5, 0.6) is 0 Å². The largest absolute Gasteiger partial charge is 0.301 e. The van der Waals surface area contributed by atoms with Gasteiger partial charge in [-0.05, 0) is 19.1 Å². The van der Waals surface area contributed by atoms with Gasteiger partial charge in [0.15, 0.2) is 0 Å². The van der Waals surface area contributed by atoms with Crippen LogP contribution >= 0.6 is 0 Å². The number of rotatable bonds is 2. The summed E-state index contributed by atoms with van der Waals surface area (Å²) in [4.78, 5) is 24.2. The zero-order valence-corrected chi connectivity index (χ0v) is 9.59. The molecule has 5 heteroatoms. The molecule has 0 atom stereocenters. The molecule has 2 rings (SSSR count). The van der Waals surface area contributed by atoms with E-state index >= 15 is 0 Å². The van der Waals surface area contributed by atoms with Crippen LogP contribution in [0, 0.1) is 23.5 Å². The molecule has 0 aliphatic carbocycles. The SMILES string of the molecule is CC#CCCN1C(=O)C(=O)c2c(F)ccc(F)c21. The number of carbonyl (C=O) groups excluding carboxylic acids is 2. The lowest BCUT2D eigenvalue weighted by atomic mass is 10.1. The van der Waals surface area contributed by atoms with E-state index in [0.29, 0.717) is 6.42 Å². The van der Waals surface area contributed by atoms with Gasteiger partial charge in [0.1, 0.15) is 11.6 Å². The Bertz CT molecular complexity index is 599. The molecule has 18 heavy (non-hydrogen) atoms. The van der Waals surface area contributed by atoms with Gasteiger partial charge in [0.05, 0.1) is 11.3 Å². The minimum atomic E-state index is -1.01. The average Bonchev–Trinajstić information content (AvgIpc) is 2.60. The topological polar surface area (TPSA) is 37.4 Å². The number of amides is 1. The highest BCUT2D eigenvalue weighted by molar-refractivity contribution is 6.52. The normalized spacial score (nSPS) is 13.4. The second-order valence-electron chi connectivity index (χ2n) is 3.72. The minimum Gasteiger partial charge on any atom is -0.301 e. The Morgan fingerprint density at radius 3 is 2.56 bits per heavy atom. The maximum atomic E-state index is 13.6. The first kappa shape index (κ1) is 12.2. The van der Waals surface area contributed by atoms with Crippen LogP contribution in [0.3, 0.4) is 0 Å². The summed E-state index contributed by atoms with van der Waals surface area (Å²) in [6.45, 7) is 1.70. The number of halogens is 2. The van der Waals surface area contributed by atoms with Crippen LogP contribution in [0.2, 0.25) is 0 Å². The Balaban J connectivity index is 2.47. The van der Waals surface area contributed by atoms with Gasteiger partial charge >= 0.3 is 0 Å². The third-order valence-corrected chi connectivity index (χ3v) is 2.65. The highest BCUT2D eigenvalue weighted by Crippen LogP contribution is 2.33. The molecule has 0 fully saturated rings. The van der Waals surface area contributed by atoms with Crippen molar-refractivity contribution in [2.75, 3.05) is 11.4 Å². The summed E-state index contributed by atoms with van der Waals surface area (Å²) >= 11 is 0. The van der Waals surface area contributed by atoms with Gasteiger partial charge in [-0.15, -0.1) is 11.8 Å². The number of hydrogen-bond donors (Lipinski definition) is 0. The first-order valence-electron chi connectivity index (χ1n) is 5.31. The van der Waals surface area contributed by atoms with E-state index in [0.717, 1.165) is 17.0 Å².